The van der Waals surface area contributed by atoms with Crippen LogP contribution in [0.1, 0.15) is 19.3 Å². The molecule has 4 nitrogen and oxygen atoms in total. The Morgan fingerprint density at radius 3 is 2.58 bits per heavy atom. The summed E-state index contributed by atoms with van der Waals surface area (Å²) in [5.74, 6) is 0. The molecule has 1 aromatic heterocycles. The number of benzene rings is 1. The van der Waals surface area contributed by atoms with Crippen molar-refractivity contribution in [1.29, 1.82) is 0 Å². The first kappa shape index (κ1) is 12.6. The van der Waals surface area contributed by atoms with Crippen molar-refractivity contribution in [3.63, 3.8) is 0 Å². The predicted octanol–water partition coefficient (Wildman–Crippen LogP) is 2.41. The summed E-state index contributed by atoms with van der Waals surface area (Å²) in [7, 11) is -3.40. The SMILES string of the molecule is O=S(=O)(c1cccc2ncccc12)N1CCCCC1. The van der Waals surface area contributed by atoms with Gasteiger partial charge < -0.3 is 0 Å². The highest BCUT2D eigenvalue weighted by atomic mass is 32.2. The lowest BCUT2D eigenvalue weighted by Crippen LogP contribution is -2.35. The van der Waals surface area contributed by atoms with Gasteiger partial charge in [0.25, 0.3) is 0 Å². The zero-order chi connectivity index (χ0) is 13.3. The van der Waals surface area contributed by atoms with Gasteiger partial charge in [0.15, 0.2) is 0 Å². The first-order valence-electron chi connectivity index (χ1n) is 6.53. The molecule has 2 heterocycles. The summed E-state index contributed by atoms with van der Waals surface area (Å²) < 4.78 is 27.0. The van der Waals surface area contributed by atoms with Crippen molar-refractivity contribution in [1.82, 2.24) is 9.29 Å². The first-order valence-corrected chi connectivity index (χ1v) is 7.97. The quantitative estimate of drug-likeness (QED) is 0.846. The number of rotatable bonds is 2. The summed E-state index contributed by atoms with van der Waals surface area (Å²) in [6.45, 7) is 1.25. The van der Waals surface area contributed by atoms with Crippen molar-refractivity contribution in [2.45, 2.75) is 24.2 Å². The van der Waals surface area contributed by atoms with Gasteiger partial charge in [0, 0.05) is 24.7 Å². The van der Waals surface area contributed by atoms with Crippen LogP contribution < -0.4 is 0 Å². The third-order valence-electron chi connectivity index (χ3n) is 3.54. The first-order chi connectivity index (χ1) is 9.19. The fourth-order valence-electron chi connectivity index (χ4n) is 2.54. The topological polar surface area (TPSA) is 50.3 Å². The van der Waals surface area contributed by atoms with Gasteiger partial charge in [-0.3, -0.25) is 4.98 Å². The highest BCUT2D eigenvalue weighted by Crippen LogP contribution is 2.26. The molecule has 3 rings (SSSR count). The Kier molecular flexibility index (Phi) is 3.24. The summed E-state index contributed by atoms with van der Waals surface area (Å²) in [5.41, 5.74) is 0.723. The molecule has 0 bridgehead atoms. The third-order valence-corrected chi connectivity index (χ3v) is 5.50. The average Bonchev–Trinajstić information content (AvgIpc) is 2.47. The van der Waals surface area contributed by atoms with Gasteiger partial charge in [0.05, 0.1) is 10.4 Å². The molecule has 5 heteroatoms. The fourth-order valence-corrected chi connectivity index (χ4v) is 4.26. The molecule has 1 aliphatic rings. The number of hydrogen-bond donors (Lipinski definition) is 0. The van der Waals surface area contributed by atoms with E-state index in [4.69, 9.17) is 0 Å². The molecule has 0 spiro atoms. The number of nitrogens with zero attached hydrogens (tertiary/aromatic N) is 2. The minimum Gasteiger partial charge on any atom is -0.256 e. The van der Waals surface area contributed by atoms with Gasteiger partial charge in [-0.15, -0.1) is 0 Å². The second kappa shape index (κ2) is 4.90. The molecule has 0 amide bonds. The zero-order valence-corrected chi connectivity index (χ0v) is 11.4. The monoisotopic (exact) mass is 276 g/mol. The molecule has 0 atom stereocenters. The smallest absolute Gasteiger partial charge is 0.243 e. The molecule has 19 heavy (non-hydrogen) atoms. The van der Waals surface area contributed by atoms with Crippen LogP contribution in [0, 0.1) is 0 Å². The summed E-state index contributed by atoms with van der Waals surface area (Å²) in [6, 6.07) is 8.86. The molecular weight excluding hydrogens is 260 g/mol. The van der Waals surface area contributed by atoms with Crippen molar-refractivity contribution in [2.24, 2.45) is 0 Å². The van der Waals surface area contributed by atoms with Crippen LogP contribution in [0.2, 0.25) is 0 Å². The molecule has 1 saturated heterocycles. The van der Waals surface area contributed by atoms with E-state index in [0.29, 0.717) is 23.4 Å². The molecule has 0 radical (unpaired) electrons. The number of hydrogen-bond acceptors (Lipinski definition) is 3. The van der Waals surface area contributed by atoms with Gasteiger partial charge >= 0.3 is 0 Å². The Hall–Kier alpha value is -1.46. The Labute approximate surface area is 113 Å². The lowest BCUT2D eigenvalue weighted by Gasteiger charge is -2.26. The van der Waals surface area contributed by atoms with Gasteiger partial charge in [-0.2, -0.15) is 4.31 Å². The van der Waals surface area contributed by atoms with Crippen LogP contribution in [-0.2, 0) is 10.0 Å². The van der Waals surface area contributed by atoms with Gasteiger partial charge in [-0.1, -0.05) is 12.5 Å². The average molecular weight is 276 g/mol. The summed E-state index contributed by atoms with van der Waals surface area (Å²) in [4.78, 5) is 4.59. The van der Waals surface area contributed by atoms with Crippen LogP contribution in [0.15, 0.2) is 41.4 Å². The van der Waals surface area contributed by atoms with E-state index >= 15 is 0 Å². The van der Waals surface area contributed by atoms with E-state index < -0.39 is 10.0 Å². The number of sulfonamides is 1. The Balaban J connectivity index is 2.12. The fraction of sp³-hybridized carbons (Fsp3) is 0.357. The zero-order valence-electron chi connectivity index (χ0n) is 10.6. The minimum atomic E-state index is -3.40. The van der Waals surface area contributed by atoms with Crippen LogP contribution in [0.4, 0.5) is 0 Å². The van der Waals surface area contributed by atoms with Crippen LogP contribution in [0.25, 0.3) is 10.9 Å². The van der Waals surface area contributed by atoms with Gasteiger partial charge in [0.2, 0.25) is 10.0 Å². The van der Waals surface area contributed by atoms with Crippen molar-refractivity contribution in [3.8, 4) is 0 Å². The maximum atomic E-state index is 12.7. The van der Waals surface area contributed by atoms with Crippen molar-refractivity contribution >= 4 is 20.9 Å². The second-order valence-electron chi connectivity index (χ2n) is 4.79. The van der Waals surface area contributed by atoms with Gasteiger partial charge in [-0.05, 0) is 37.1 Å². The lowest BCUT2D eigenvalue weighted by atomic mass is 10.2. The molecule has 0 N–H and O–H groups in total. The van der Waals surface area contributed by atoms with E-state index in [1.165, 1.54) is 0 Å². The Morgan fingerprint density at radius 2 is 1.79 bits per heavy atom. The largest absolute Gasteiger partial charge is 0.256 e. The molecular formula is C14H16N2O2S. The van der Waals surface area contributed by atoms with E-state index in [2.05, 4.69) is 4.98 Å². The van der Waals surface area contributed by atoms with E-state index in [1.54, 1.807) is 28.7 Å². The molecule has 0 saturated carbocycles. The summed E-state index contributed by atoms with van der Waals surface area (Å²) >= 11 is 0. The van der Waals surface area contributed by atoms with Gasteiger partial charge in [0.1, 0.15) is 0 Å². The van der Waals surface area contributed by atoms with E-state index in [9.17, 15) is 8.42 Å². The normalized spacial score (nSPS) is 17.7. The lowest BCUT2D eigenvalue weighted by molar-refractivity contribution is 0.347. The van der Waals surface area contributed by atoms with E-state index in [1.807, 2.05) is 12.1 Å². The predicted molar refractivity (Wildman–Crippen MR) is 74.4 cm³/mol. The molecule has 1 fully saturated rings. The third kappa shape index (κ3) is 2.24. The molecule has 0 aliphatic carbocycles. The van der Waals surface area contributed by atoms with Crippen LogP contribution >= 0.6 is 0 Å². The number of fused-ring (bicyclic) bond motifs is 1. The molecule has 1 aliphatic heterocycles. The number of piperidine rings is 1. The second-order valence-corrected chi connectivity index (χ2v) is 6.70. The van der Waals surface area contributed by atoms with E-state index in [-0.39, 0.29) is 0 Å². The van der Waals surface area contributed by atoms with Crippen LogP contribution in [0.3, 0.4) is 0 Å². The molecule has 100 valence electrons. The van der Waals surface area contributed by atoms with Gasteiger partial charge in [-0.25, -0.2) is 8.42 Å². The maximum Gasteiger partial charge on any atom is 0.243 e. The van der Waals surface area contributed by atoms with E-state index in [0.717, 1.165) is 24.8 Å². The summed E-state index contributed by atoms with van der Waals surface area (Å²) in [6.07, 6.45) is 4.69. The Bertz CT molecular complexity index is 686. The van der Waals surface area contributed by atoms with Crippen LogP contribution in [0.5, 0.6) is 0 Å². The molecule has 1 aromatic carbocycles. The standard InChI is InChI=1S/C14H16N2O2S/c17-19(18,16-10-2-1-3-11-16)14-8-4-7-13-12(14)6-5-9-15-13/h4-9H,1-3,10-11H2. The maximum absolute atomic E-state index is 12.7. The highest BCUT2D eigenvalue weighted by molar-refractivity contribution is 7.89. The minimum absolute atomic E-state index is 0.375. The highest BCUT2D eigenvalue weighted by Gasteiger charge is 2.27. The molecule has 0 unspecified atom stereocenters. The van der Waals surface area contributed by atoms with Crippen LogP contribution in [-0.4, -0.2) is 30.8 Å². The number of aromatic nitrogens is 1. The summed E-state index contributed by atoms with van der Waals surface area (Å²) in [5, 5.41) is 0.704. The van der Waals surface area contributed by atoms with Crippen molar-refractivity contribution in [3.05, 3.63) is 36.5 Å². The van der Waals surface area contributed by atoms with Crippen molar-refractivity contribution in [2.75, 3.05) is 13.1 Å². The van der Waals surface area contributed by atoms with Crippen molar-refractivity contribution < 1.29 is 8.42 Å². The number of pyridine rings is 1. The molecule has 2 aromatic rings. The Morgan fingerprint density at radius 1 is 1.00 bits per heavy atom.